The maximum absolute atomic E-state index is 11.3. The number of aliphatic carboxylic acids is 4. The molecule has 20 heteroatoms. The summed E-state index contributed by atoms with van der Waals surface area (Å²) in [5, 5.41) is 64.4. The second kappa shape index (κ2) is 39.3. The van der Waals surface area contributed by atoms with Crippen LogP contribution in [-0.4, -0.2) is 141 Å². The van der Waals surface area contributed by atoms with E-state index in [0.717, 1.165) is 48.6 Å². The first kappa shape index (κ1) is 59.7. The molecule has 0 heterocycles. The fourth-order valence-corrected chi connectivity index (χ4v) is 1.68. The molecule has 0 amide bonds. The second-order valence-corrected chi connectivity index (χ2v) is 9.05. The van der Waals surface area contributed by atoms with Gasteiger partial charge in [-0.15, -0.1) is 0 Å². The van der Waals surface area contributed by atoms with Crippen molar-refractivity contribution in [2.24, 2.45) is 10.8 Å². The summed E-state index contributed by atoms with van der Waals surface area (Å²) in [5.74, 6) is -6.96. The molecule has 0 aromatic rings. The minimum Gasteiger partial charge on any atom is -0.478 e. The van der Waals surface area contributed by atoms with Crippen molar-refractivity contribution in [1.82, 2.24) is 0 Å². The van der Waals surface area contributed by atoms with Crippen LogP contribution in [0.1, 0.15) is 0 Å². The second-order valence-electron chi connectivity index (χ2n) is 9.05. The zero-order valence-electron chi connectivity index (χ0n) is 29.4. The van der Waals surface area contributed by atoms with E-state index in [9.17, 15) is 38.4 Å². The van der Waals surface area contributed by atoms with Crippen LogP contribution < -0.4 is 0 Å². The highest BCUT2D eigenvalue weighted by atomic mass is 16.6. The third kappa shape index (κ3) is 43.5. The predicted molar refractivity (Wildman–Crippen MR) is 189 cm³/mol. The van der Waals surface area contributed by atoms with Gasteiger partial charge in [-0.25, -0.2) is 38.4 Å². The van der Waals surface area contributed by atoms with E-state index in [2.05, 4.69) is 52.6 Å². The highest BCUT2D eigenvalue weighted by Crippen LogP contribution is 2.21. The van der Waals surface area contributed by atoms with Crippen molar-refractivity contribution in [3.63, 3.8) is 0 Å². The van der Waals surface area contributed by atoms with Crippen LogP contribution >= 0.6 is 0 Å². The highest BCUT2D eigenvalue weighted by molar-refractivity contribution is 5.83. The van der Waals surface area contributed by atoms with Crippen LogP contribution in [0.4, 0.5) is 0 Å². The van der Waals surface area contributed by atoms with E-state index in [1.165, 1.54) is 0 Å². The van der Waals surface area contributed by atoms with Gasteiger partial charge in [0.1, 0.15) is 31.8 Å². The number of aliphatic hydroxyl groups is 4. The number of carboxylic acids is 4. The number of carbonyl (C=O) groups is 8. The van der Waals surface area contributed by atoms with E-state index < -0.39 is 85.0 Å². The molecule has 0 aromatic heterocycles. The Hall–Kier alpha value is -6.48. The van der Waals surface area contributed by atoms with E-state index in [4.69, 9.17) is 59.8 Å². The number of esters is 4. The van der Waals surface area contributed by atoms with Gasteiger partial charge in [0.2, 0.25) is 0 Å². The van der Waals surface area contributed by atoms with Crippen molar-refractivity contribution in [2.45, 2.75) is 0 Å². The molecular weight excluding hydrogens is 728 g/mol. The average Bonchev–Trinajstić information content (AvgIpc) is 3.18. The van der Waals surface area contributed by atoms with Crippen LogP contribution in [0.3, 0.4) is 0 Å². The van der Waals surface area contributed by atoms with Gasteiger partial charge in [0.25, 0.3) is 0 Å². The van der Waals surface area contributed by atoms with Crippen LogP contribution in [0.2, 0.25) is 0 Å². The molecule has 0 unspecified atom stereocenters. The Morgan fingerprint density at radius 2 is 0.500 bits per heavy atom. The Morgan fingerprint density at radius 1 is 0.352 bits per heavy atom. The Kier molecular flexibility index (Phi) is 43.4. The zero-order chi connectivity index (χ0) is 43.8. The molecule has 8 N–H and O–H groups in total. The van der Waals surface area contributed by atoms with Crippen molar-refractivity contribution in [1.29, 1.82) is 0 Å². The summed E-state index contributed by atoms with van der Waals surface area (Å²) in [5.41, 5.74) is -2.45. The molecule has 0 aliphatic heterocycles. The molecular formula is C34H48O20. The normalized spacial score (nSPS) is 8.96. The van der Waals surface area contributed by atoms with Crippen molar-refractivity contribution in [2.75, 3.05) is 52.9 Å². The largest absolute Gasteiger partial charge is 0.478 e. The van der Waals surface area contributed by atoms with E-state index in [-0.39, 0.29) is 26.4 Å². The Balaban J connectivity index is -0.000000160. The van der Waals surface area contributed by atoms with Gasteiger partial charge in [-0.1, -0.05) is 52.6 Å². The SMILES string of the molecule is C=CC(=O)O.C=CC(=O)O.C=CC(=O)O.C=CC(=O)O.C=CC(=O)OCC(COC(=O)C=C)(COC(=O)C=C)COC(=O)C=C.OCC(CO)(CO)CO. The molecule has 0 saturated carbocycles. The molecule has 304 valence electrons. The number of hydrogen-bond donors (Lipinski definition) is 8. The quantitative estimate of drug-likeness (QED) is 0.0453. The molecule has 0 aliphatic carbocycles. The van der Waals surface area contributed by atoms with Crippen LogP contribution in [0.5, 0.6) is 0 Å². The fraction of sp³-hybridized carbons (Fsp3) is 0.294. The number of rotatable bonds is 20. The molecule has 0 saturated heterocycles. The van der Waals surface area contributed by atoms with Crippen molar-refractivity contribution >= 4 is 47.8 Å². The summed E-state index contributed by atoms with van der Waals surface area (Å²) in [6.07, 6.45) is 7.02. The van der Waals surface area contributed by atoms with E-state index in [1.54, 1.807) is 0 Å². The van der Waals surface area contributed by atoms with Gasteiger partial charge in [0.15, 0.2) is 0 Å². The van der Waals surface area contributed by atoms with Crippen LogP contribution in [-0.2, 0) is 57.3 Å². The topological polar surface area (TPSA) is 335 Å². The molecule has 0 rings (SSSR count). The molecule has 0 aliphatic rings. The molecule has 20 nitrogen and oxygen atoms in total. The molecule has 0 spiro atoms. The summed E-state index contributed by atoms with van der Waals surface area (Å²) in [4.78, 5) is 82.3. The number of ether oxygens (including phenoxy) is 4. The first-order chi connectivity index (χ1) is 25.1. The van der Waals surface area contributed by atoms with Crippen LogP contribution in [0.15, 0.2) is 101 Å². The van der Waals surface area contributed by atoms with Gasteiger partial charge >= 0.3 is 47.8 Å². The third-order valence-corrected chi connectivity index (χ3v) is 4.79. The molecule has 54 heavy (non-hydrogen) atoms. The van der Waals surface area contributed by atoms with Gasteiger partial charge in [0, 0.05) is 48.6 Å². The maximum Gasteiger partial charge on any atom is 0.330 e. The minimum absolute atomic E-state index is 0.378. The molecule has 0 fully saturated rings. The lowest BCUT2D eigenvalue weighted by Crippen LogP contribution is -2.43. The highest BCUT2D eigenvalue weighted by Gasteiger charge is 2.37. The first-order valence-corrected chi connectivity index (χ1v) is 14.2. The number of aliphatic hydroxyl groups excluding tert-OH is 4. The smallest absolute Gasteiger partial charge is 0.330 e. The van der Waals surface area contributed by atoms with Gasteiger partial charge < -0.3 is 59.8 Å². The van der Waals surface area contributed by atoms with Crippen molar-refractivity contribution < 1.29 is 98.2 Å². The standard InChI is InChI=1S/C17H20O8.C5H12O4.4C3H4O2/c1-5-13(18)22-9-17(10-23-14(19)6-2,11-24-15(20)7-3)12-25-16(21)8-4;6-1-5(2-7,3-8)4-9;4*1-2-3(4)5/h5-8H,1-4,9-12H2;6-9H,1-4H2;4*2H,1H2,(H,4,5). The summed E-state index contributed by atoms with van der Waals surface area (Å²) in [7, 11) is 0. The first-order valence-electron chi connectivity index (χ1n) is 14.2. The Morgan fingerprint density at radius 3 is 0.574 bits per heavy atom. The summed E-state index contributed by atoms with van der Waals surface area (Å²) >= 11 is 0. The maximum atomic E-state index is 11.3. The van der Waals surface area contributed by atoms with Gasteiger partial charge in [0.05, 0.1) is 31.8 Å². The van der Waals surface area contributed by atoms with Crippen LogP contribution in [0, 0.1) is 10.8 Å². The average molecular weight is 777 g/mol. The van der Waals surface area contributed by atoms with Crippen LogP contribution in [0.25, 0.3) is 0 Å². The van der Waals surface area contributed by atoms with E-state index in [1.807, 2.05) is 0 Å². The van der Waals surface area contributed by atoms with Gasteiger partial charge in [-0.3, -0.25) is 0 Å². The fourth-order valence-electron chi connectivity index (χ4n) is 1.68. The number of carboxylic acid groups (broad SMARTS) is 4. The zero-order valence-corrected chi connectivity index (χ0v) is 29.4. The minimum atomic E-state index is -1.34. The van der Waals surface area contributed by atoms with Crippen molar-refractivity contribution in [3.05, 3.63) is 101 Å². The molecule has 0 radical (unpaired) electrons. The molecule has 0 atom stereocenters. The summed E-state index contributed by atoms with van der Waals surface area (Å²) in [6, 6.07) is 0. The van der Waals surface area contributed by atoms with E-state index >= 15 is 0 Å². The lowest BCUT2D eigenvalue weighted by molar-refractivity contribution is -0.164. The van der Waals surface area contributed by atoms with E-state index in [0.29, 0.717) is 0 Å². The number of hydrogen-bond acceptors (Lipinski definition) is 16. The lowest BCUT2D eigenvalue weighted by atomic mass is 9.92. The number of carbonyl (C=O) groups excluding carboxylic acids is 4. The molecule has 0 bridgehead atoms. The lowest BCUT2D eigenvalue weighted by Gasteiger charge is -2.31. The monoisotopic (exact) mass is 776 g/mol. The van der Waals surface area contributed by atoms with Gasteiger partial charge in [-0.05, 0) is 0 Å². The summed E-state index contributed by atoms with van der Waals surface area (Å²) in [6.45, 7) is 21.7. The summed E-state index contributed by atoms with van der Waals surface area (Å²) < 4.78 is 19.8. The Labute approximate surface area is 310 Å². The van der Waals surface area contributed by atoms with Gasteiger partial charge in [-0.2, -0.15) is 0 Å². The Bertz CT molecular complexity index is 1070. The molecule has 0 aromatic carbocycles. The third-order valence-electron chi connectivity index (χ3n) is 4.79. The van der Waals surface area contributed by atoms with Crippen molar-refractivity contribution in [3.8, 4) is 0 Å². The predicted octanol–water partition coefficient (Wildman–Crippen LogP) is -0.140.